The normalized spacial score (nSPS) is 11.1. The largest absolute Gasteiger partial charge is 0.475 e. The number of carboxylic acids is 1. The van der Waals surface area contributed by atoms with E-state index < -0.39 is 5.97 Å². The molecule has 8 heteroatoms. The highest BCUT2D eigenvalue weighted by Gasteiger charge is 2.17. The first-order valence-corrected chi connectivity index (χ1v) is 4.66. The third-order valence-electron chi connectivity index (χ3n) is 2.36. The second-order valence-electron chi connectivity index (χ2n) is 3.35. The Morgan fingerprint density at radius 3 is 3.00 bits per heavy atom. The molecule has 0 spiro atoms. The number of aromatic nitrogens is 5. The highest BCUT2D eigenvalue weighted by Crippen LogP contribution is 2.19. The highest BCUT2D eigenvalue weighted by atomic mass is 16.4. The minimum absolute atomic E-state index is 0.0288. The lowest BCUT2D eigenvalue weighted by molar-refractivity contribution is 0.0682. The molecule has 0 aliphatic carbocycles. The summed E-state index contributed by atoms with van der Waals surface area (Å²) in [6, 6.07) is 1.67. The Hall–Kier alpha value is -2.77. The van der Waals surface area contributed by atoms with Crippen LogP contribution < -0.4 is 5.73 Å². The molecule has 0 bridgehead atoms. The van der Waals surface area contributed by atoms with E-state index in [4.69, 9.17) is 10.8 Å². The Morgan fingerprint density at radius 1 is 1.41 bits per heavy atom. The Labute approximate surface area is 93.7 Å². The second kappa shape index (κ2) is 3.11. The summed E-state index contributed by atoms with van der Waals surface area (Å²) in [7, 11) is 0. The van der Waals surface area contributed by atoms with Gasteiger partial charge in [-0.25, -0.2) is 14.2 Å². The summed E-state index contributed by atoms with van der Waals surface area (Å²) in [6.07, 6.45) is 3.11. The van der Waals surface area contributed by atoms with E-state index in [9.17, 15) is 4.79 Å². The Balaban J connectivity index is 2.56. The van der Waals surface area contributed by atoms with Crippen molar-refractivity contribution in [1.82, 2.24) is 24.6 Å². The van der Waals surface area contributed by atoms with E-state index in [1.807, 2.05) is 0 Å². The molecule has 17 heavy (non-hydrogen) atoms. The number of nitrogens with two attached hydrogens (primary N) is 1. The van der Waals surface area contributed by atoms with Crippen LogP contribution in [0.1, 0.15) is 10.6 Å². The van der Waals surface area contributed by atoms with Crippen LogP contribution in [0.5, 0.6) is 0 Å². The zero-order chi connectivity index (χ0) is 12.0. The van der Waals surface area contributed by atoms with E-state index in [-0.39, 0.29) is 11.8 Å². The molecule has 0 saturated heterocycles. The highest BCUT2D eigenvalue weighted by molar-refractivity contribution is 5.94. The third-order valence-corrected chi connectivity index (χ3v) is 2.36. The van der Waals surface area contributed by atoms with Crippen LogP contribution in [0, 0.1) is 0 Å². The van der Waals surface area contributed by atoms with E-state index in [0.717, 1.165) is 0 Å². The van der Waals surface area contributed by atoms with Gasteiger partial charge in [-0.3, -0.25) is 4.98 Å². The molecule has 0 aliphatic rings. The molecule has 0 aromatic carbocycles. The summed E-state index contributed by atoms with van der Waals surface area (Å²) in [5.41, 5.74) is 6.62. The van der Waals surface area contributed by atoms with Crippen LogP contribution in [0.15, 0.2) is 18.5 Å². The molecule has 0 saturated carbocycles. The van der Waals surface area contributed by atoms with Gasteiger partial charge in [-0.1, -0.05) is 0 Å². The molecule has 8 nitrogen and oxygen atoms in total. The van der Waals surface area contributed by atoms with Gasteiger partial charge in [-0.05, 0) is 6.07 Å². The molecule has 3 heterocycles. The summed E-state index contributed by atoms with van der Waals surface area (Å²) in [4.78, 5) is 19.0. The number of hydrogen-bond acceptors (Lipinski definition) is 6. The van der Waals surface area contributed by atoms with Crippen molar-refractivity contribution in [3.63, 3.8) is 0 Å². The second-order valence-corrected chi connectivity index (χ2v) is 3.35. The number of carbonyl (C=O) groups is 1. The first-order valence-electron chi connectivity index (χ1n) is 4.66. The number of carboxylic acid groups (broad SMARTS) is 1. The van der Waals surface area contributed by atoms with Gasteiger partial charge in [0, 0.05) is 12.4 Å². The zero-order valence-corrected chi connectivity index (χ0v) is 8.40. The van der Waals surface area contributed by atoms with Crippen molar-refractivity contribution in [2.75, 3.05) is 5.73 Å². The molecule has 3 rings (SSSR count). The zero-order valence-electron chi connectivity index (χ0n) is 8.40. The molecular weight excluding hydrogens is 224 g/mol. The van der Waals surface area contributed by atoms with Crippen molar-refractivity contribution in [1.29, 1.82) is 0 Å². The van der Waals surface area contributed by atoms with E-state index in [2.05, 4.69) is 20.2 Å². The fourth-order valence-corrected chi connectivity index (χ4v) is 1.64. The van der Waals surface area contributed by atoms with E-state index in [0.29, 0.717) is 16.6 Å². The molecule has 3 aromatic rings. The van der Waals surface area contributed by atoms with Crippen molar-refractivity contribution in [2.24, 2.45) is 0 Å². The molecule has 0 amide bonds. The minimum Gasteiger partial charge on any atom is -0.475 e. The van der Waals surface area contributed by atoms with Gasteiger partial charge < -0.3 is 10.8 Å². The minimum atomic E-state index is -1.21. The van der Waals surface area contributed by atoms with Gasteiger partial charge in [-0.15, -0.1) is 10.2 Å². The monoisotopic (exact) mass is 230 g/mol. The number of hydrogen-bond donors (Lipinski definition) is 2. The summed E-state index contributed by atoms with van der Waals surface area (Å²) < 4.78 is 1.19. The SMILES string of the molecule is Nc1nc2ccncc2c2nnc(C(=O)O)n12. The number of rotatable bonds is 1. The van der Waals surface area contributed by atoms with Gasteiger partial charge >= 0.3 is 5.97 Å². The smallest absolute Gasteiger partial charge is 0.374 e. The van der Waals surface area contributed by atoms with E-state index in [1.54, 1.807) is 12.3 Å². The van der Waals surface area contributed by atoms with Crippen LogP contribution >= 0.6 is 0 Å². The van der Waals surface area contributed by atoms with Crippen LogP contribution in [-0.4, -0.2) is 35.6 Å². The van der Waals surface area contributed by atoms with Crippen molar-refractivity contribution >= 4 is 28.5 Å². The number of nitrogens with zero attached hydrogens (tertiary/aromatic N) is 5. The topological polar surface area (TPSA) is 119 Å². The fourth-order valence-electron chi connectivity index (χ4n) is 1.64. The van der Waals surface area contributed by atoms with Gasteiger partial charge in [0.05, 0.1) is 10.9 Å². The Kier molecular flexibility index (Phi) is 1.73. The average Bonchev–Trinajstić information content (AvgIpc) is 2.74. The fraction of sp³-hybridized carbons (Fsp3) is 0. The van der Waals surface area contributed by atoms with Crippen molar-refractivity contribution in [3.8, 4) is 0 Å². The molecule has 0 unspecified atom stereocenters. The lowest BCUT2D eigenvalue weighted by Crippen LogP contribution is -2.09. The summed E-state index contributed by atoms with van der Waals surface area (Å²) in [5, 5.41) is 16.9. The van der Waals surface area contributed by atoms with Gasteiger partial charge in [-0.2, -0.15) is 0 Å². The standard InChI is InChI=1S/C9H6N6O2/c10-9-12-5-1-2-11-3-4(5)6-13-14-7(8(16)17)15(6)9/h1-3H,(H2,10,12)(H,16,17). The van der Waals surface area contributed by atoms with Crippen molar-refractivity contribution < 1.29 is 9.90 Å². The molecule has 0 aliphatic heterocycles. The number of anilines is 1. The van der Waals surface area contributed by atoms with Crippen LogP contribution in [0.2, 0.25) is 0 Å². The maximum Gasteiger partial charge on any atom is 0.374 e. The van der Waals surface area contributed by atoms with Crippen molar-refractivity contribution in [3.05, 3.63) is 24.3 Å². The molecule has 3 N–H and O–H groups in total. The van der Waals surface area contributed by atoms with Crippen LogP contribution in [0.4, 0.5) is 5.95 Å². The van der Waals surface area contributed by atoms with E-state index in [1.165, 1.54) is 10.6 Å². The molecule has 3 aromatic heterocycles. The van der Waals surface area contributed by atoms with E-state index >= 15 is 0 Å². The summed E-state index contributed by atoms with van der Waals surface area (Å²) in [6.45, 7) is 0. The Bertz CT molecular complexity index is 750. The van der Waals surface area contributed by atoms with Crippen LogP contribution in [0.3, 0.4) is 0 Å². The predicted octanol–water partition coefficient (Wildman–Crippen LogP) is -0.0471. The number of pyridine rings is 1. The number of nitrogen functional groups attached to an aromatic ring is 1. The molecule has 0 fully saturated rings. The predicted molar refractivity (Wildman–Crippen MR) is 57.5 cm³/mol. The van der Waals surface area contributed by atoms with Gasteiger partial charge in [0.1, 0.15) is 0 Å². The summed E-state index contributed by atoms with van der Waals surface area (Å²) >= 11 is 0. The average molecular weight is 230 g/mol. The Morgan fingerprint density at radius 2 is 2.24 bits per heavy atom. The molecule has 84 valence electrons. The molecule has 0 atom stereocenters. The van der Waals surface area contributed by atoms with Gasteiger partial charge in [0.25, 0.3) is 0 Å². The quantitative estimate of drug-likeness (QED) is 0.601. The van der Waals surface area contributed by atoms with Crippen LogP contribution in [-0.2, 0) is 0 Å². The van der Waals surface area contributed by atoms with Crippen molar-refractivity contribution in [2.45, 2.75) is 0 Å². The lowest BCUT2D eigenvalue weighted by Gasteiger charge is -2.02. The van der Waals surface area contributed by atoms with Gasteiger partial charge in [0.2, 0.25) is 11.8 Å². The molecule has 0 radical (unpaired) electrons. The third kappa shape index (κ3) is 1.20. The maximum absolute atomic E-state index is 10.9. The van der Waals surface area contributed by atoms with Gasteiger partial charge in [0.15, 0.2) is 5.65 Å². The molecular formula is C9H6N6O2. The maximum atomic E-state index is 10.9. The number of aromatic carboxylic acids is 1. The number of fused-ring (bicyclic) bond motifs is 3. The summed E-state index contributed by atoms with van der Waals surface area (Å²) in [5.74, 6) is -1.45. The first-order chi connectivity index (χ1) is 8.18. The lowest BCUT2D eigenvalue weighted by atomic mass is 10.3. The van der Waals surface area contributed by atoms with Crippen LogP contribution in [0.25, 0.3) is 16.6 Å². The first kappa shape index (κ1) is 9.46.